The summed E-state index contributed by atoms with van der Waals surface area (Å²) in [7, 11) is 1.88. The summed E-state index contributed by atoms with van der Waals surface area (Å²) >= 11 is 0. The Balaban J connectivity index is 2.50. The molecule has 2 rings (SSSR count). The molecule has 2 aromatic heterocycles. The minimum atomic E-state index is 0.768. The van der Waals surface area contributed by atoms with Crippen molar-refractivity contribution in [1.29, 1.82) is 0 Å². The fourth-order valence-corrected chi connectivity index (χ4v) is 2.10. The van der Waals surface area contributed by atoms with Gasteiger partial charge in [-0.25, -0.2) is 9.97 Å². The average molecular weight is 256 g/mol. The third kappa shape index (κ3) is 3.28. The molecular formula is C15H20N4. The van der Waals surface area contributed by atoms with Gasteiger partial charge < -0.3 is 5.32 Å². The number of anilines is 1. The standard InChI is InChI=1S/C15H20N4/c1-5-6-13-9-14(16-4)19-15(18-13)12-7-10(2)17-11(3)8-12/h7-9H,5-6H2,1-4H3,(H,16,18,19). The lowest BCUT2D eigenvalue weighted by molar-refractivity contribution is 0.875. The first-order chi connectivity index (χ1) is 9.12. The van der Waals surface area contributed by atoms with E-state index in [4.69, 9.17) is 0 Å². The molecule has 2 aromatic rings. The maximum Gasteiger partial charge on any atom is 0.161 e. The molecule has 0 radical (unpaired) electrons. The number of pyridine rings is 1. The molecule has 0 amide bonds. The highest BCUT2D eigenvalue weighted by Gasteiger charge is 2.07. The molecule has 1 N–H and O–H groups in total. The second-order valence-corrected chi connectivity index (χ2v) is 4.71. The van der Waals surface area contributed by atoms with Gasteiger partial charge in [0.2, 0.25) is 0 Å². The van der Waals surface area contributed by atoms with Crippen molar-refractivity contribution in [2.45, 2.75) is 33.6 Å². The molecule has 100 valence electrons. The van der Waals surface area contributed by atoms with Gasteiger partial charge in [-0.2, -0.15) is 0 Å². The molecule has 0 unspecified atom stereocenters. The number of hydrogen-bond acceptors (Lipinski definition) is 4. The van der Waals surface area contributed by atoms with Crippen LogP contribution in [0.3, 0.4) is 0 Å². The van der Waals surface area contributed by atoms with Crippen molar-refractivity contribution < 1.29 is 0 Å². The normalized spacial score (nSPS) is 10.5. The molecule has 0 saturated carbocycles. The molecule has 4 nitrogen and oxygen atoms in total. The van der Waals surface area contributed by atoms with Crippen LogP contribution in [0.5, 0.6) is 0 Å². The van der Waals surface area contributed by atoms with Crippen LogP contribution in [0, 0.1) is 13.8 Å². The quantitative estimate of drug-likeness (QED) is 0.913. The van der Waals surface area contributed by atoms with E-state index in [1.54, 1.807) is 0 Å². The Bertz CT molecular complexity index is 558. The van der Waals surface area contributed by atoms with E-state index in [2.05, 4.69) is 27.2 Å². The van der Waals surface area contributed by atoms with Crippen LogP contribution in [0.4, 0.5) is 5.82 Å². The van der Waals surface area contributed by atoms with Crippen LogP contribution in [0.25, 0.3) is 11.4 Å². The Morgan fingerprint density at radius 1 is 1.00 bits per heavy atom. The van der Waals surface area contributed by atoms with Crippen molar-refractivity contribution in [3.63, 3.8) is 0 Å². The van der Waals surface area contributed by atoms with Gasteiger partial charge in [0.15, 0.2) is 5.82 Å². The lowest BCUT2D eigenvalue weighted by Gasteiger charge is -2.08. The van der Waals surface area contributed by atoms with Crippen molar-refractivity contribution in [2.24, 2.45) is 0 Å². The second kappa shape index (κ2) is 5.78. The van der Waals surface area contributed by atoms with E-state index in [0.29, 0.717) is 0 Å². The van der Waals surface area contributed by atoms with Gasteiger partial charge in [-0.05, 0) is 32.4 Å². The summed E-state index contributed by atoms with van der Waals surface area (Å²) in [6, 6.07) is 6.06. The molecule has 0 saturated heterocycles. The van der Waals surface area contributed by atoms with E-state index >= 15 is 0 Å². The van der Waals surface area contributed by atoms with Gasteiger partial charge in [-0.3, -0.25) is 4.98 Å². The number of aryl methyl sites for hydroxylation is 3. The molecule has 19 heavy (non-hydrogen) atoms. The molecular weight excluding hydrogens is 236 g/mol. The highest BCUT2D eigenvalue weighted by Crippen LogP contribution is 2.20. The molecule has 0 aliphatic heterocycles. The molecule has 0 aliphatic carbocycles. The fraction of sp³-hybridized carbons (Fsp3) is 0.400. The summed E-state index contributed by atoms with van der Waals surface area (Å²) in [5, 5.41) is 3.10. The van der Waals surface area contributed by atoms with Gasteiger partial charge in [0, 0.05) is 35.8 Å². The maximum atomic E-state index is 4.64. The van der Waals surface area contributed by atoms with Crippen LogP contribution < -0.4 is 5.32 Å². The zero-order chi connectivity index (χ0) is 13.8. The zero-order valence-corrected chi connectivity index (χ0v) is 12.0. The van der Waals surface area contributed by atoms with Crippen LogP contribution in [0.15, 0.2) is 18.2 Å². The van der Waals surface area contributed by atoms with Crippen molar-refractivity contribution in [2.75, 3.05) is 12.4 Å². The van der Waals surface area contributed by atoms with E-state index < -0.39 is 0 Å². The molecule has 4 heteroatoms. The van der Waals surface area contributed by atoms with Gasteiger partial charge >= 0.3 is 0 Å². The summed E-state index contributed by atoms with van der Waals surface area (Å²) < 4.78 is 0. The van der Waals surface area contributed by atoms with E-state index in [1.807, 2.05) is 39.1 Å². The Morgan fingerprint density at radius 3 is 2.26 bits per heavy atom. The minimum absolute atomic E-state index is 0.768. The predicted molar refractivity (Wildman–Crippen MR) is 78.3 cm³/mol. The molecule has 0 spiro atoms. The smallest absolute Gasteiger partial charge is 0.161 e. The van der Waals surface area contributed by atoms with Crippen molar-refractivity contribution in [3.8, 4) is 11.4 Å². The number of hydrogen-bond donors (Lipinski definition) is 1. The van der Waals surface area contributed by atoms with Crippen LogP contribution in [0.1, 0.15) is 30.4 Å². The van der Waals surface area contributed by atoms with Crippen molar-refractivity contribution >= 4 is 5.82 Å². The Morgan fingerprint density at radius 2 is 1.68 bits per heavy atom. The van der Waals surface area contributed by atoms with Crippen LogP contribution in [0.2, 0.25) is 0 Å². The third-order valence-corrected chi connectivity index (χ3v) is 2.88. The van der Waals surface area contributed by atoms with Gasteiger partial charge in [0.1, 0.15) is 5.82 Å². The summed E-state index contributed by atoms with van der Waals surface area (Å²) in [6.07, 6.45) is 2.04. The van der Waals surface area contributed by atoms with E-state index in [9.17, 15) is 0 Å². The first kappa shape index (κ1) is 13.5. The minimum Gasteiger partial charge on any atom is -0.373 e. The highest BCUT2D eigenvalue weighted by molar-refractivity contribution is 5.58. The SMILES string of the molecule is CCCc1cc(NC)nc(-c2cc(C)nc(C)c2)n1. The van der Waals surface area contributed by atoms with Crippen molar-refractivity contribution in [3.05, 3.63) is 35.3 Å². The highest BCUT2D eigenvalue weighted by atomic mass is 15.0. The van der Waals surface area contributed by atoms with Gasteiger partial charge in [-0.15, -0.1) is 0 Å². The van der Waals surface area contributed by atoms with E-state index in [0.717, 1.165) is 47.1 Å². The topological polar surface area (TPSA) is 50.7 Å². The van der Waals surface area contributed by atoms with Gasteiger partial charge in [0.05, 0.1) is 0 Å². The lowest BCUT2D eigenvalue weighted by atomic mass is 10.1. The van der Waals surface area contributed by atoms with Gasteiger partial charge in [0.25, 0.3) is 0 Å². The summed E-state index contributed by atoms with van der Waals surface area (Å²) in [5.74, 6) is 1.63. The number of nitrogens with zero attached hydrogens (tertiary/aromatic N) is 3. The number of aromatic nitrogens is 3. The molecule has 0 fully saturated rings. The largest absolute Gasteiger partial charge is 0.373 e. The van der Waals surface area contributed by atoms with Crippen molar-refractivity contribution in [1.82, 2.24) is 15.0 Å². The van der Waals surface area contributed by atoms with Gasteiger partial charge in [-0.1, -0.05) is 13.3 Å². The first-order valence-corrected chi connectivity index (χ1v) is 6.63. The average Bonchev–Trinajstić information content (AvgIpc) is 2.37. The Labute approximate surface area is 114 Å². The third-order valence-electron chi connectivity index (χ3n) is 2.88. The van der Waals surface area contributed by atoms with E-state index in [-0.39, 0.29) is 0 Å². The molecule has 0 aromatic carbocycles. The Hall–Kier alpha value is -1.97. The summed E-state index contributed by atoms with van der Waals surface area (Å²) in [5.41, 5.74) is 4.08. The molecule has 0 bridgehead atoms. The number of rotatable bonds is 4. The van der Waals surface area contributed by atoms with Crippen LogP contribution in [-0.4, -0.2) is 22.0 Å². The van der Waals surface area contributed by atoms with E-state index in [1.165, 1.54) is 0 Å². The van der Waals surface area contributed by atoms with Crippen LogP contribution >= 0.6 is 0 Å². The second-order valence-electron chi connectivity index (χ2n) is 4.71. The number of nitrogens with one attached hydrogen (secondary N) is 1. The monoisotopic (exact) mass is 256 g/mol. The maximum absolute atomic E-state index is 4.64. The summed E-state index contributed by atoms with van der Waals surface area (Å²) in [6.45, 7) is 6.14. The molecule has 0 aliphatic rings. The lowest BCUT2D eigenvalue weighted by Crippen LogP contribution is -2.01. The Kier molecular flexibility index (Phi) is 4.10. The molecule has 2 heterocycles. The fourth-order valence-electron chi connectivity index (χ4n) is 2.10. The molecule has 0 atom stereocenters. The first-order valence-electron chi connectivity index (χ1n) is 6.63. The van der Waals surface area contributed by atoms with Crippen LogP contribution in [-0.2, 0) is 6.42 Å². The predicted octanol–water partition coefficient (Wildman–Crippen LogP) is 3.15. The zero-order valence-electron chi connectivity index (χ0n) is 12.0. The summed E-state index contributed by atoms with van der Waals surface area (Å²) in [4.78, 5) is 13.6.